The Morgan fingerprint density at radius 3 is 3.06 bits per heavy atom. The summed E-state index contributed by atoms with van der Waals surface area (Å²) < 4.78 is 5.13. The van der Waals surface area contributed by atoms with Crippen LogP contribution < -0.4 is 5.32 Å². The van der Waals surface area contributed by atoms with Gasteiger partial charge in [-0.2, -0.15) is 0 Å². The molecule has 0 saturated heterocycles. The van der Waals surface area contributed by atoms with Crippen LogP contribution in [0.25, 0.3) is 0 Å². The second-order valence-electron chi connectivity index (χ2n) is 4.29. The van der Waals surface area contributed by atoms with Gasteiger partial charge in [0.1, 0.15) is 5.76 Å². The van der Waals surface area contributed by atoms with Crippen molar-refractivity contribution in [2.45, 2.75) is 31.8 Å². The zero-order valence-electron chi connectivity index (χ0n) is 9.19. The van der Waals surface area contributed by atoms with Crippen molar-refractivity contribution in [3.8, 4) is 0 Å². The number of hydrogen-bond donors (Lipinski definition) is 2. The summed E-state index contributed by atoms with van der Waals surface area (Å²) in [5, 5.41) is 12.3. The predicted molar refractivity (Wildman–Crippen MR) is 58.8 cm³/mol. The molecule has 1 amide bonds. The maximum Gasteiger partial charge on any atom is 0.220 e. The third-order valence-corrected chi connectivity index (χ3v) is 2.85. The SMILES string of the molecule is O=C(CCc1ccco1)NCC(O)C1CC1. The Bertz CT molecular complexity index is 330. The molecular formula is C12H17NO3. The first kappa shape index (κ1) is 11.2. The van der Waals surface area contributed by atoms with Crippen LogP contribution in [-0.2, 0) is 11.2 Å². The normalized spacial score (nSPS) is 17.1. The third kappa shape index (κ3) is 3.38. The number of amides is 1. The van der Waals surface area contributed by atoms with Gasteiger partial charge in [0, 0.05) is 19.4 Å². The number of carbonyl (C=O) groups is 1. The van der Waals surface area contributed by atoms with Gasteiger partial charge in [-0.25, -0.2) is 0 Å². The Morgan fingerprint density at radius 1 is 1.62 bits per heavy atom. The minimum Gasteiger partial charge on any atom is -0.469 e. The molecule has 0 spiro atoms. The smallest absolute Gasteiger partial charge is 0.220 e. The lowest BCUT2D eigenvalue weighted by Crippen LogP contribution is -2.33. The highest BCUT2D eigenvalue weighted by atomic mass is 16.3. The molecule has 1 unspecified atom stereocenters. The molecule has 2 N–H and O–H groups in total. The summed E-state index contributed by atoms with van der Waals surface area (Å²) in [5.74, 6) is 1.19. The van der Waals surface area contributed by atoms with Crippen LogP contribution in [0.1, 0.15) is 25.0 Å². The van der Waals surface area contributed by atoms with Crippen LogP contribution in [0, 0.1) is 5.92 Å². The molecule has 1 aromatic heterocycles. The highest BCUT2D eigenvalue weighted by molar-refractivity contribution is 5.76. The van der Waals surface area contributed by atoms with E-state index in [0.717, 1.165) is 18.6 Å². The zero-order chi connectivity index (χ0) is 11.4. The van der Waals surface area contributed by atoms with Crippen LogP contribution >= 0.6 is 0 Å². The average Bonchev–Trinajstić information content (AvgIpc) is 3.01. The molecular weight excluding hydrogens is 206 g/mol. The molecule has 1 saturated carbocycles. The molecule has 1 aliphatic rings. The lowest BCUT2D eigenvalue weighted by Gasteiger charge is -2.10. The monoisotopic (exact) mass is 223 g/mol. The third-order valence-electron chi connectivity index (χ3n) is 2.85. The molecule has 4 nitrogen and oxygen atoms in total. The highest BCUT2D eigenvalue weighted by Crippen LogP contribution is 2.32. The molecule has 88 valence electrons. The lowest BCUT2D eigenvalue weighted by molar-refractivity contribution is -0.121. The number of aryl methyl sites for hydroxylation is 1. The fraction of sp³-hybridized carbons (Fsp3) is 0.583. The molecule has 1 fully saturated rings. The van der Waals surface area contributed by atoms with E-state index in [1.807, 2.05) is 12.1 Å². The fourth-order valence-corrected chi connectivity index (χ4v) is 1.65. The summed E-state index contributed by atoms with van der Waals surface area (Å²) in [6.07, 6.45) is 4.42. The van der Waals surface area contributed by atoms with Gasteiger partial charge in [-0.1, -0.05) is 0 Å². The van der Waals surface area contributed by atoms with Crippen LogP contribution in [0.15, 0.2) is 22.8 Å². The number of aliphatic hydroxyl groups excluding tert-OH is 1. The summed E-state index contributed by atoms with van der Waals surface area (Å²) in [4.78, 5) is 11.4. The minimum absolute atomic E-state index is 0.0314. The quantitative estimate of drug-likeness (QED) is 0.759. The van der Waals surface area contributed by atoms with Gasteiger partial charge in [-0.05, 0) is 30.9 Å². The van der Waals surface area contributed by atoms with Crippen molar-refractivity contribution in [2.24, 2.45) is 5.92 Å². The van der Waals surface area contributed by atoms with Crippen LogP contribution in [0.4, 0.5) is 0 Å². The molecule has 2 rings (SSSR count). The van der Waals surface area contributed by atoms with Gasteiger partial charge in [0.2, 0.25) is 5.91 Å². The van der Waals surface area contributed by atoms with Crippen molar-refractivity contribution in [2.75, 3.05) is 6.54 Å². The van der Waals surface area contributed by atoms with Gasteiger partial charge in [0.25, 0.3) is 0 Å². The van der Waals surface area contributed by atoms with Gasteiger partial charge < -0.3 is 14.8 Å². The second-order valence-corrected chi connectivity index (χ2v) is 4.29. The van der Waals surface area contributed by atoms with Crippen LogP contribution in [-0.4, -0.2) is 23.7 Å². The highest BCUT2D eigenvalue weighted by Gasteiger charge is 2.29. The van der Waals surface area contributed by atoms with E-state index < -0.39 is 0 Å². The van der Waals surface area contributed by atoms with E-state index in [1.54, 1.807) is 6.26 Å². The van der Waals surface area contributed by atoms with Crippen molar-refractivity contribution in [3.63, 3.8) is 0 Å². The summed E-state index contributed by atoms with van der Waals surface area (Å²) in [7, 11) is 0. The Kier molecular flexibility index (Phi) is 3.62. The number of nitrogens with one attached hydrogen (secondary N) is 1. The molecule has 0 bridgehead atoms. The van der Waals surface area contributed by atoms with Crippen molar-refractivity contribution < 1.29 is 14.3 Å². The number of aliphatic hydroxyl groups is 1. The summed E-state index contributed by atoms with van der Waals surface area (Å²) in [5.41, 5.74) is 0. The molecule has 1 heterocycles. The van der Waals surface area contributed by atoms with Crippen LogP contribution in [0.2, 0.25) is 0 Å². The van der Waals surface area contributed by atoms with E-state index in [2.05, 4.69) is 5.32 Å². The molecule has 0 aromatic carbocycles. The van der Waals surface area contributed by atoms with Crippen molar-refractivity contribution >= 4 is 5.91 Å². The Hall–Kier alpha value is -1.29. The maximum absolute atomic E-state index is 11.4. The van der Waals surface area contributed by atoms with E-state index in [9.17, 15) is 9.90 Å². The zero-order valence-corrected chi connectivity index (χ0v) is 9.19. The molecule has 0 aliphatic heterocycles. The molecule has 1 aromatic rings. The van der Waals surface area contributed by atoms with Crippen LogP contribution in [0.3, 0.4) is 0 Å². The molecule has 0 radical (unpaired) electrons. The first-order chi connectivity index (χ1) is 7.75. The summed E-state index contributed by atoms with van der Waals surface area (Å²) >= 11 is 0. The number of carbonyl (C=O) groups excluding carboxylic acids is 1. The maximum atomic E-state index is 11.4. The lowest BCUT2D eigenvalue weighted by atomic mass is 10.2. The fourth-order valence-electron chi connectivity index (χ4n) is 1.65. The first-order valence-electron chi connectivity index (χ1n) is 5.73. The van der Waals surface area contributed by atoms with Gasteiger partial charge in [0.15, 0.2) is 0 Å². The predicted octanol–water partition coefficient (Wildman–Crippen LogP) is 1.10. The Morgan fingerprint density at radius 2 is 2.44 bits per heavy atom. The molecule has 4 heteroatoms. The molecule has 1 aliphatic carbocycles. The van der Waals surface area contributed by atoms with E-state index in [0.29, 0.717) is 25.3 Å². The van der Waals surface area contributed by atoms with E-state index in [1.165, 1.54) is 0 Å². The topological polar surface area (TPSA) is 62.5 Å². The average molecular weight is 223 g/mol. The van der Waals surface area contributed by atoms with Crippen molar-refractivity contribution in [1.82, 2.24) is 5.32 Å². The second kappa shape index (κ2) is 5.16. The van der Waals surface area contributed by atoms with Crippen molar-refractivity contribution in [3.05, 3.63) is 24.2 Å². The van der Waals surface area contributed by atoms with Gasteiger partial charge in [0.05, 0.1) is 12.4 Å². The van der Waals surface area contributed by atoms with E-state index in [4.69, 9.17) is 4.42 Å². The van der Waals surface area contributed by atoms with Gasteiger partial charge >= 0.3 is 0 Å². The molecule has 1 atom stereocenters. The standard InChI is InChI=1S/C12H17NO3/c14-11(9-3-4-9)8-13-12(15)6-5-10-2-1-7-16-10/h1-2,7,9,11,14H,3-6,8H2,(H,13,15). The first-order valence-corrected chi connectivity index (χ1v) is 5.73. The minimum atomic E-state index is -0.368. The van der Waals surface area contributed by atoms with Gasteiger partial charge in [-0.3, -0.25) is 4.79 Å². The van der Waals surface area contributed by atoms with Crippen LogP contribution in [0.5, 0.6) is 0 Å². The van der Waals surface area contributed by atoms with E-state index in [-0.39, 0.29) is 12.0 Å². The Labute approximate surface area is 94.6 Å². The Balaban J connectivity index is 1.60. The summed E-state index contributed by atoms with van der Waals surface area (Å²) in [6, 6.07) is 3.66. The number of rotatable bonds is 6. The van der Waals surface area contributed by atoms with Gasteiger partial charge in [-0.15, -0.1) is 0 Å². The molecule has 16 heavy (non-hydrogen) atoms. The number of hydrogen-bond acceptors (Lipinski definition) is 3. The number of furan rings is 1. The summed E-state index contributed by atoms with van der Waals surface area (Å²) in [6.45, 7) is 0.377. The largest absolute Gasteiger partial charge is 0.469 e. The van der Waals surface area contributed by atoms with E-state index >= 15 is 0 Å². The van der Waals surface area contributed by atoms with Crippen molar-refractivity contribution in [1.29, 1.82) is 0 Å².